The first-order valence-electron chi connectivity index (χ1n) is 5.13. The fourth-order valence-electron chi connectivity index (χ4n) is 1.55. The van der Waals surface area contributed by atoms with Crippen molar-refractivity contribution in [3.05, 3.63) is 33.6 Å². The molecule has 1 atom stereocenters. The number of nitrogens with zero attached hydrogens (tertiary/aromatic N) is 1. The van der Waals surface area contributed by atoms with Gasteiger partial charge in [-0.3, -0.25) is 10.1 Å². The molecule has 0 radical (unpaired) electrons. The van der Waals surface area contributed by atoms with E-state index in [0.717, 1.165) is 6.07 Å². The Bertz CT molecular complexity index is 441. The standard InChI is InChI=1S/C11H13ClFNO4/c1-17-6-8(12)3-7-4-11(18-2)9(13)5-10(7)14(15)16/h4-5,8H,3,6H2,1-2H3. The van der Waals surface area contributed by atoms with Gasteiger partial charge in [-0.1, -0.05) is 0 Å². The molecular weight excluding hydrogens is 265 g/mol. The third-order valence-electron chi connectivity index (χ3n) is 2.34. The van der Waals surface area contributed by atoms with Crippen LogP contribution in [-0.2, 0) is 11.2 Å². The minimum atomic E-state index is -0.772. The van der Waals surface area contributed by atoms with E-state index >= 15 is 0 Å². The SMILES string of the molecule is COCC(Cl)Cc1cc(OC)c(F)cc1[N+](=O)[O-]. The highest BCUT2D eigenvalue weighted by atomic mass is 35.5. The molecule has 0 aliphatic rings. The molecule has 18 heavy (non-hydrogen) atoms. The second-order valence-corrected chi connectivity index (χ2v) is 4.25. The van der Waals surface area contributed by atoms with E-state index in [-0.39, 0.29) is 24.5 Å². The third-order valence-corrected chi connectivity index (χ3v) is 2.62. The zero-order chi connectivity index (χ0) is 13.7. The third kappa shape index (κ3) is 3.54. The summed E-state index contributed by atoms with van der Waals surface area (Å²) in [6.45, 7) is 0.248. The fraction of sp³-hybridized carbons (Fsp3) is 0.455. The molecule has 0 spiro atoms. The molecule has 0 aliphatic heterocycles. The van der Waals surface area contributed by atoms with E-state index in [9.17, 15) is 14.5 Å². The fourth-order valence-corrected chi connectivity index (χ4v) is 1.85. The molecule has 0 saturated heterocycles. The lowest BCUT2D eigenvalue weighted by atomic mass is 10.1. The molecular formula is C11H13ClFNO4. The van der Waals surface area contributed by atoms with Gasteiger partial charge >= 0.3 is 0 Å². The maximum atomic E-state index is 13.4. The average Bonchev–Trinajstić information content (AvgIpc) is 2.30. The summed E-state index contributed by atoms with van der Waals surface area (Å²) in [4.78, 5) is 10.2. The van der Waals surface area contributed by atoms with Crippen LogP contribution in [0.1, 0.15) is 5.56 Å². The number of hydrogen-bond acceptors (Lipinski definition) is 4. The van der Waals surface area contributed by atoms with Crippen molar-refractivity contribution in [2.75, 3.05) is 20.8 Å². The Labute approximate surface area is 109 Å². The molecule has 0 bridgehead atoms. The number of alkyl halides is 1. The lowest BCUT2D eigenvalue weighted by Gasteiger charge is -2.10. The molecule has 1 rings (SSSR count). The molecule has 1 aromatic rings. The predicted molar refractivity (Wildman–Crippen MR) is 64.8 cm³/mol. The van der Waals surface area contributed by atoms with E-state index < -0.39 is 16.1 Å². The van der Waals surface area contributed by atoms with Crippen molar-refractivity contribution in [2.24, 2.45) is 0 Å². The van der Waals surface area contributed by atoms with E-state index in [1.54, 1.807) is 0 Å². The Balaban J connectivity index is 3.10. The van der Waals surface area contributed by atoms with Gasteiger partial charge in [-0.25, -0.2) is 4.39 Å². The van der Waals surface area contributed by atoms with Crippen molar-refractivity contribution in [3.8, 4) is 5.75 Å². The highest BCUT2D eigenvalue weighted by Gasteiger charge is 2.21. The van der Waals surface area contributed by atoms with Crippen molar-refractivity contribution >= 4 is 17.3 Å². The Morgan fingerprint density at radius 1 is 1.50 bits per heavy atom. The van der Waals surface area contributed by atoms with Crippen LogP contribution in [0.2, 0.25) is 0 Å². The van der Waals surface area contributed by atoms with Gasteiger partial charge in [-0.2, -0.15) is 0 Å². The number of nitro groups is 1. The van der Waals surface area contributed by atoms with Gasteiger partial charge in [0.05, 0.1) is 30.1 Å². The van der Waals surface area contributed by atoms with Gasteiger partial charge in [0.2, 0.25) is 0 Å². The molecule has 0 amide bonds. The van der Waals surface area contributed by atoms with E-state index in [4.69, 9.17) is 21.1 Å². The van der Waals surface area contributed by atoms with E-state index in [0.29, 0.717) is 5.56 Å². The number of rotatable bonds is 6. The molecule has 1 aromatic carbocycles. The van der Waals surface area contributed by atoms with Gasteiger partial charge in [0, 0.05) is 12.7 Å². The second kappa shape index (κ2) is 6.51. The molecule has 7 heteroatoms. The number of methoxy groups -OCH3 is 2. The number of halogens is 2. The normalized spacial score (nSPS) is 12.2. The second-order valence-electron chi connectivity index (χ2n) is 3.63. The van der Waals surface area contributed by atoms with E-state index in [1.807, 2.05) is 0 Å². The van der Waals surface area contributed by atoms with Crippen LogP contribution >= 0.6 is 11.6 Å². The summed E-state index contributed by atoms with van der Waals surface area (Å²) < 4.78 is 23.0. The summed E-state index contributed by atoms with van der Waals surface area (Å²) in [7, 11) is 2.77. The van der Waals surface area contributed by atoms with Gasteiger partial charge in [-0.05, 0) is 12.5 Å². The quantitative estimate of drug-likeness (QED) is 0.455. The van der Waals surface area contributed by atoms with Crippen LogP contribution in [0, 0.1) is 15.9 Å². The summed E-state index contributed by atoms with van der Waals surface area (Å²) >= 11 is 5.95. The first-order valence-corrected chi connectivity index (χ1v) is 5.57. The molecule has 0 saturated carbocycles. The molecule has 0 fully saturated rings. The largest absolute Gasteiger partial charge is 0.494 e. The minimum Gasteiger partial charge on any atom is -0.494 e. The van der Waals surface area contributed by atoms with Gasteiger partial charge in [0.25, 0.3) is 5.69 Å². The van der Waals surface area contributed by atoms with E-state index in [2.05, 4.69) is 0 Å². The van der Waals surface area contributed by atoms with Crippen LogP contribution in [0.3, 0.4) is 0 Å². The molecule has 100 valence electrons. The van der Waals surface area contributed by atoms with E-state index in [1.165, 1.54) is 20.3 Å². The summed E-state index contributed by atoms with van der Waals surface area (Å²) in [5, 5.41) is 10.4. The highest BCUT2D eigenvalue weighted by Crippen LogP contribution is 2.29. The Morgan fingerprint density at radius 2 is 2.17 bits per heavy atom. The highest BCUT2D eigenvalue weighted by molar-refractivity contribution is 6.20. The molecule has 0 N–H and O–H groups in total. The molecule has 5 nitrogen and oxygen atoms in total. The number of ether oxygens (including phenoxy) is 2. The molecule has 0 aromatic heterocycles. The van der Waals surface area contributed by atoms with Gasteiger partial charge < -0.3 is 9.47 Å². The van der Waals surface area contributed by atoms with Crippen molar-refractivity contribution in [1.29, 1.82) is 0 Å². The van der Waals surface area contributed by atoms with Crippen LogP contribution in [0.4, 0.5) is 10.1 Å². The Hall–Kier alpha value is -1.40. The number of benzene rings is 1. The summed E-state index contributed by atoms with van der Waals surface area (Å²) in [5.41, 5.74) is 0.00496. The zero-order valence-corrected chi connectivity index (χ0v) is 10.7. The maximum Gasteiger partial charge on any atom is 0.275 e. The Morgan fingerprint density at radius 3 is 2.67 bits per heavy atom. The van der Waals surface area contributed by atoms with Crippen LogP contribution in [-0.4, -0.2) is 31.1 Å². The average molecular weight is 278 g/mol. The van der Waals surface area contributed by atoms with Gasteiger partial charge in [0.15, 0.2) is 11.6 Å². The molecule has 1 unspecified atom stereocenters. The molecule has 0 aliphatic carbocycles. The minimum absolute atomic E-state index is 0.0446. The van der Waals surface area contributed by atoms with Crippen molar-refractivity contribution in [1.82, 2.24) is 0 Å². The number of nitro benzene ring substituents is 1. The number of hydrogen-bond donors (Lipinski definition) is 0. The summed E-state index contributed by atoms with van der Waals surface area (Å²) in [6, 6.07) is 2.13. The van der Waals surface area contributed by atoms with Crippen LogP contribution < -0.4 is 4.74 Å². The lowest BCUT2D eigenvalue weighted by molar-refractivity contribution is -0.385. The van der Waals surface area contributed by atoms with Gasteiger partial charge in [-0.15, -0.1) is 11.6 Å². The lowest BCUT2D eigenvalue weighted by Crippen LogP contribution is -2.12. The maximum absolute atomic E-state index is 13.4. The van der Waals surface area contributed by atoms with Gasteiger partial charge in [0.1, 0.15) is 0 Å². The van der Waals surface area contributed by atoms with Crippen molar-refractivity contribution < 1.29 is 18.8 Å². The van der Waals surface area contributed by atoms with Crippen molar-refractivity contribution in [3.63, 3.8) is 0 Å². The van der Waals surface area contributed by atoms with Crippen molar-refractivity contribution in [2.45, 2.75) is 11.8 Å². The first kappa shape index (κ1) is 14.7. The predicted octanol–water partition coefficient (Wildman–Crippen LogP) is 2.54. The summed E-state index contributed by atoms with van der Waals surface area (Å²) in [5.74, 6) is -0.817. The zero-order valence-electron chi connectivity index (χ0n) is 9.98. The van der Waals surface area contributed by atoms with Crippen LogP contribution in [0.5, 0.6) is 5.75 Å². The van der Waals surface area contributed by atoms with Crippen LogP contribution in [0.15, 0.2) is 12.1 Å². The summed E-state index contributed by atoms with van der Waals surface area (Å²) in [6.07, 6.45) is 0.197. The van der Waals surface area contributed by atoms with Crippen LogP contribution in [0.25, 0.3) is 0 Å². The monoisotopic (exact) mass is 277 g/mol. The first-order chi connectivity index (χ1) is 8.49. The Kier molecular flexibility index (Phi) is 5.30. The molecule has 0 heterocycles. The topological polar surface area (TPSA) is 61.6 Å². The smallest absolute Gasteiger partial charge is 0.275 e.